The predicted octanol–water partition coefficient (Wildman–Crippen LogP) is 13.8. The van der Waals surface area contributed by atoms with E-state index in [1.165, 1.54) is 147 Å². The van der Waals surface area contributed by atoms with Crippen molar-refractivity contribution < 1.29 is 19.7 Å². The Bertz CT molecular complexity index is 1150. The fraction of sp³-hybridized carbons (Fsp3) is 0.854. The number of carbonyl (C=O) groups is 1. The van der Waals surface area contributed by atoms with Crippen molar-refractivity contribution in [1.82, 2.24) is 0 Å². The third-order valence-electron chi connectivity index (χ3n) is 16.1. The first-order valence-electron chi connectivity index (χ1n) is 22.9. The van der Waals surface area contributed by atoms with Crippen molar-refractivity contribution in [2.24, 2.45) is 65.1 Å². The number of benzene rings is 1. The summed E-state index contributed by atoms with van der Waals surface area (Å²) in [6, 6.07) is 8.40. The van der Waals surface area contributed by atoms with E-state index in [0.29, 0.717) is 17.8 Å². The van der Waals surface area contributed by atoms with Crippen LogP contribution in [0.3, 0.4) is 0 Å². The van der Waals surface area contributed by atoms with Gasteiger partial charge in [0.1, 0.15) is 5.75 Å². The normalized spacial score (nSPS) is 39.4. The fourth-order valence-corrected chi connectivity index (χ4v) is 12.1. The molecule has 0 aliphatic heterocycles. The maximum absolute atomic E-state index is 12.7. The van der Waals surface area contributed by atoms with Crippen molar-refractivity contribution in [3.05, 3.63) is 29.8 Å². The maximum Gasteiger partial charge on any atom is 0.314 e. The molecule has 4 nitrogen and oxygen atoms in total. The van der Waals surface area contributed by atoms with E-state index in [-0.39, 0.29) is 18.0 Å². The fourth-order valence-electron chi connectivity index (χ4n) is 12.1. The lowest BCUT2D eigenvalue weighted by molar-refractivity contribution is -0.307. The minimum absolute atomic E-state index is 0.0000393. The van der Waals surface area contributed by atoms with Crippen LogP contribution >= 0.6 is 0 Å². The summed E-state index contributed by atoms with van der Waals surface area (Å²) in [4.78, 5) is 17.8. The Morgan fingerprint density at radius 3 is 1.27 bits per heavy atom. The van der Waals surface area contributed by atoms with Gasteiger partial charge < -0.3 is 4.74 Å². The topological polar surface area (TPSA) is 55.8 Å². The molecular formula is C48H78O4. The van der Waals surface area contributed by atoms with Gasteiger partial charge in [-0.1, -0.05) is 91.2 Å². The molecule has 0 radical (unpaired) electrons. The van der Waals surface area contributed by atoms with Gasteiger partial charge in [0, 0.05) is 0 Å². The van der Waals surface area contributed by atoms with E-state index in [1.54, 1.807) is 0 Å². The number of rotatable bonds is 8. The monoisotopic (exact) mass is 719 g/mol. The Morgan fingerprint density at radius 2 is 0.846 bits per heavy atom. The van der Waals surface area contributed by atoms with Crippen molar-refractivity contribution in [1.29, 1.82) is 0 Å². The van der Waals surface area contributed by atoms with Crippen molar-refractivity contribution in [2.75, 3.05) is 0 Å². The Morgan fingerprint density at radius 1 is 0.500 bits per heavy atom. The summed E-state index contributed by atoms with van der Waals surface area (Å²) in [6.45, 7) is 9.54. The molecule has 1 aromatic carbocycles. The molecule has 0 heterocycles. The third-order valence-corrected chi connectivity index (χ3v) is 16.1. The van der Waals surface area contributed by atoms with Gasteiger partial charge in [0.05, 0.1) is 12.0 Å². The largest absolute Gasteiger partial charge is 0.426 e. The Kier molecular flexibility index (Phi) is 15.5. The van der Waals surface area contributed by atoms with E-state index in [9.17, 15) is 10.1 Å². The second kappa shape index (κ2) is 20.0. The standard InChI is InChI=1S/C27H40O2.C21H38O2/c1-19-3-7-21(8-4-19)23-11-13-25(14-12-23)27(28)29-26-17-15-24(16-18-26)22-9-5-20(2)6-10-22;1-15-3-7-17(8-4-15)18-11-13-20(14-12-18)21(23-22)19-9-5-16(2)6-10-19/h15-23,25H,3-14H2,1-2H3;15-22H,3-14H2,1-2H3. The number of esters is 1. The van der Waals surface area contributed by atoms with Crippen molar-refractivity contribution in [3.63, 3.8) is 0 Å². The zero-order valence-corrected chi connectivity index (χ0v) is 34.0. The molecule has 52 heavy (non-hydrogen) atoms. The van der Waals surface area contributed by atoms with E-state index in [1.807, 2.05) is 12.1 Å². The zero-order chi connectivity index (χ0) is 36.5. The summed E-state index contributed by atoms with van der Waals surface area (Å²) < 4.78 is 5.77. The van der Waals surface area contributed by atoms with Crippen LogP contribution in [0.2, 0.25) is 0 Å². The first-order chi connectivity index (χ1) is 25.2. The van der Waals surface area contributed by atoms with E-state index in [2.05, 4.69) is 39.8 Å². The summed E-state index contributed by atoms with van der Waals surface area (Å²) in [5, 5.41) is 9.54. The minimum Gasteiger partial charge on any atom is -0.426 e. The first-order valence-corrected chi connectivity index (χ1v) is 22.9. The van der Waals surface area contributed by atoms with Gasteiger partial charge in [-0.25, -0.2) is 4.89 Å². The first kappa shape index (κ1) is 40.3. The molecule has 0 spiro atoms. The molecule has 4 heteroatoms. The number of carbonyl (C=O) groups excluding carboxylic acids is 1. The van der Waals surface area contributed by atoms with Gasteiger partial charge in [-0.2, -0.15) is 0 Å². The number of hydrogen-bond acceptors (Lipinski definition) is 4. The summed E-state index contributed by atoms with van der Waals surface area (Å²) in [5.41, 5.74) is 1.42. The van der Waals surface area contributed by atoms with Gasteiger partial charge >= 0.3 is 5.97 Å². The molecule has 1 atom stereocenters. The van der Waals surface area contributed by atoms with Crippen LogP contribution in [0.25, 0.3) is 0 Å². The highest BCUT2D eigenvalue weighted by Gasteiger charge is 2.38. The molecule has 6 aliphatic carbocycles. The van der Waals surface area contributed by atoms with Crippen LogP contribution in [0.5, 0.6) is 5.75 Å². The number of ether oxygens (including phenoxy) is 1. The average Bonchev–Trinajstić information content (AvgIpc) is 3.18. The smallest absolute Gasteiger partial charge is 0.314 e. The Hall–Kier alpha value is -1.39. The molecule has 0 amide bonds. The quantitative estimate of drug-likeness (QED) is 0.126. The summed E-state index contributed by atoms with van der Waals surface area (Å²) >= 11 is 0. The summed E-state index contributed by atoms with van der Waals surface area (Å²) in [5.74, 6) is 10.1. The van der Waals surface area contributed by atoms with Crippen LogP contribution in [0.15, 0.2) is 24.3 Å². The second-order valence-electron chi connectivity index (χ2n) is 19.9. The third kappa shape index (κ3) is 11.3. The van der Waals surface area contributed by atoms with Crippen LogP contribution in [0.4, 0.5) is 0 Å². The highest BCUT2D eigenvalue weighted by Crippen LogP contribution is 2.45. The lowest BCUT2D eigenvalue weighted by Gasteiger charge is -2.41. The molecule has 6 saturated carbocycles. The van der Waals surface area contributed by atoms with Gasteiger partial charge in [-0.05, 0) is 186 Å². The van der Waals surface area contributed by atoms with Crippen molar-refractivity contribution in [2.45, 2.75) is 194 Å². The average molecular weight is 719 g/mol. The van der Waals surface area contributed by atoms with E-state index >= 15 is 0 Å². The van der Waals surface area contributed by atoms with Gasteiger partial charge in [-0.15, -0.1) is 0 Å². The maximum atomic E-state index is 12.7. The molecule has 0 bridgehead atoms. The number of hydrogen-bond donors (Lipinski definition) is 1. The Labute approximate surface area is 319 Å². The second-order valence-corrected chi connectivity index (χ2v) is 19.9. The Balaban J connectivity index is 0.000000183. The minimum atomic E-state index is -0.0000393. The van der Waals surface area contributed by atoms with Gasteiger partial charge in [0.15, 0.2) is 0 Å². The van der Waals surface area contributed by atoms with Crippen molar-refractivity contribution >= 4 is 5.97 Å². The molecule has 1 unspecified atom stereocenters. The summed E-state index contributed by atoms with van der Waals surface area (Å²) in [7, 11) is 0. The van der Waals surface area contributed by atoms with Gasteiger partial charge in [0.25, 0.3) is 0 Å². The van der Waals surface area contributed by atoms with Crippen LogP contribution in [-0.4, -0.2) is 17.3 Å². The zero-order valence-electron chi connectivity index (χ0n) is 34.0. The molecule has 294 valence electrons. The predicted molar refractivity (Wildman–Crippen MR) is 214 cm³/mol. The molecule has 0 saturated heterocycles. The highest BCUT2D eigenvalue weighted by molar-refractivity contribution is 5.75. The van der Waals surface area contributed by atoms with Crippen LogP contribution in [0.1, 0.15) is 193 Å². The van der Waals surface area contributed by atoms with Crippen LogP contribution in [0, 0.1) is 65.1 Å². The van der Waals surface area contributed by atoms with Crippen LogP contribution < -0.4 is 4.74 Å². The lowest BCUT2D eigenvalue weighted by atomic mass is 9.67. The van der Waals surface area contributed by atoms with Crippen molar-refractivity contribution in [3.8, 4) is 5.75 Å². The lowest BCUT2D eigenvalue weighted by Crippen LogP contribution is -2.37. The van der Waals surface area contributed by atoms with Gasteiger partial charge in [0.2, 0.25) is 0 Å². The molecule has 7 rings (SSSR count). The van der Waals surface area contributed by atoms with E-state index in [4.69, 9.17) is 9.62 Å². The molecule has 0 aromatic heterocycles. The SMILES string of the molecule is CC1CCC(C2CCC(C(OO)C3CCC(C)CC3)CC2)CC1.CC1CCC(c2ccc(OC(=O)C3CCC(C4CCC(C)CC4)CC3)cc2)CC1. The molecule has 1 N–H and O–H groups in total. The highest BCUT2D eigenvalue weighted by atomic mass is 17.1. The van der Waals surface area contributed by atoms with Crippen LogP contribution in [-0.2, 0) is 9.68 Å². The molecular weight excluding hydrogens is 641 g/mol. The molecule has 1 aromatic rings. The van der Waals surface area contributed by atoms with Gasteiger partial charge in [-0.3, -0.25) is 10.1 Å². The van der Waals surface area contributed by atoms with E-state index < -0.39 is 0 Å². The summed E-state index contributed by atoms with van der Waals surface area (Å²) in [6.07, 6.45) is 31.8. The molecule has 6 aliphatic rings. The molecule has 6 fully saturated rings. The van der Waals surface area contributed by atoms with E-state index in [0.717, 1.165) is 65.9 Å².